The van der Waals surface area contributed by atoms with Crippen LogP contribution in [0, 0.1) is 6.92 Å². The highest BCUT2D eigenvalue weighted by atomic mass is 14.8. The lowest BCUT2D eigenvalue weighted by Crippen LogP contribution is -2.17. The summed E-state index contributed by atoms with van der Waals surface area (Å²) in [6.07, 6.45) is 2.96. The Balaban J connectivity index is 1.61. The van der Waals surface area contributed by atoms with E-state index in [9.17, 15) is 0 Å². The van der Waals surface area contributed by atoms with Crippen molar-refractivity contribution in [2.45, 2.75) is 19.9 Å². The summed E-state index contributed by atoms with van der Waals surface area (Å²) in [7, 11) is 0. The maximum absolute atomic E-state index is 4.56. The fraction of sp³-hybridized carbons (Fsp3) is 0.190. The average Bonchev–Trinajstić information content (AvgIpc) is 2.62. The van der Waals surface area contributed by atoms with Gasteiger partial charge in [0.25, 0.3) is 0 Å². The molecular weight excluding hydrogens is 280 g/mol. The normalized spacial score (nSPS) is 10.7. The zero-order valence-electron chi connectivity index (χ0n) is 13.5. The van der Waals surface area contributed by atoms with Gasteiger partial charge < -0.3 is 5.32 Å². The van der Waals surface area contributed by atoms with E-state index < -0.39 is 0 Å². The highest BCUT2D eigenvalue weighted by Gasteiger charge is 2.04. The van der Waals surface area contributed by atoms with Gasteiger partial charge >= 0.3 is 0 Å². The second-order valence-electron chi connectivity index (χ2n) is 5.75. The molecule has 3 rings (SSSR count). The standard InChI is InChI=1S/C21H22N2/c1-17-20(12-13-22-15-18-8-4-2-5-9-18)14-21(16-23-17)19-10-6-3-7-11-19/h2-11,14,16,22H,12-13,15H2,1H3. The first-order valence-electron chi connectivity index (χ1n) is 8.08. The van der Waals surface area contributed by atoms with Crippen LogP contribution in [0.25, 0.3) is 11.1 Å². The van der Waals surface area contributed by atoms with Crippen molar-refractivity contribution >= 4 is 0 Å². The van der Waals surface area contributed by atoms with Crippen LogP contribution in [0.15, 0.2) is 72.9 Å². The number of rotatable bonds is 6. The van der Waals surface area contributed by atoms with Crippen molar-refractivity contribution in [3.63, 3.8) is 0 Å². The van der Waals surface area contributed by atoms with E-state index in [1.54, 1.807) is 0 Å². The third-order valence-corrected chi connectivity index (χ3v) is 4.04. The Morgan fingerprint density at radius 3 is 2.30 bits per heavy atom. The van der Waals surface area contributed by atoms with Crippen molar-refractivity contribution < 1.29 is 0 Å². The molecule has 0 atom stereocenters. The molecule has 0 fully saturated rings. The van der Waals surface area contributed by atoms with Crippen molar-refractivity contribution in [1.82, 2.24) is 10.3 Å². The summed E-state index contributed by atoms with van der Waals surface area (Å²) in [6, 6.07) is 23.2. The van der Waals surface area contributed by atoms with Crippen molar-refractivity contribution in [2.75, 3.05) is 6.54 Å². The number of hydrogen-bond donors (Lipinski definition) is 1. The van der Waals surface area contributed by atoms with Gasteiger partial charge in [-0.1, -0.05) is 60.7 Å². The van der Waals surface area contributed by atoms with Crippen molar-refractivity contribution in [2.24, 2.45) is 0 Å². The lowest BCUT2D eigenvalue weighted by Gasteiger charge is -2.09. The molecule has 23 heavy (non-hydrogen) atoms. The molecule has 116 valence electrons. The Morgan fingerprint density at radius 1 is 0.870 bits per heavy atom. The van der Waals surface area contributed by atoms with Crippen LogP contribution in [0.1, 0.15) is 16.8 Å². The van der Waals surface area contributed by atoms with Gasteiger partial charge in [0, 0.05) is 24.0 Å². The SMILES string of the molecule is Cc1ncc(-c2ccccc2)cc1CCNCc1ccccc1. The second-order valence-corrected chi connectivity index (χ2v) is 5.75. The Hall–Kier alpha value is -2.45. The Labute approximate surface area is 138 Å². The molecule has 0 amide bonds. The van der Waals surface area contributed by atoms with Gasteiger partial charge in [0.2, 0.25) is 0 Å². The number of aryl methyl sites for hydroxylation is 1. The Morgan fingerprint density at radius 2 is 1.57 bits per heavy atom. The minimum absolute atomic E-state index is 0.908. The number of nitrogens with one attached hydrogen (secondary N) is 1. The maximum atomic E-state index is 4.56. The van der Waals surface area contributed by atoms with E-state index in [1.807, 2.05) is 18.3 Å². The molecule has 0 unspecified atom stereocenters. The average molecular weight is 302 g/mol. The molecule has 0 saturated carbocycles. The molecule has 3 aromatic rings. The molecule has 1 aromatic heterocycles. The molecule has 2 aromatic carbocycles. The minimum Gasteiger partial charge on any atom is -0.312 e. The lowest BCUT2D eigenvalue weighted by molar-refractivity contribution is 0.684. The van der Waals surface area contributed by atoms with Crippen LogP contribution in [0.4, 0.5) is 0 Å². The predicted molar refractivity (Wildman–Crippen MR) is 96.3 cm³/mol. The third kappa shape index (κ3) is 4.27. The molecule has 0 saturated heterocycles. The molecule has 1 heterocycles. The van der Waals surface area contributed by atoms with Gasteiger partial charge in [0.1, 0.15) is 0 Å². The monoisotopic (exact) mass is 302 g/mol. The van der Waals surface area contributed by atoms with Crippen molar-refractivity contribution in [3.8, 4) is 11.1 Å². The first-order valence-corrected chi connectivity index (χ1v) is 8.08. The number of nitrogens with zero attached hydrogens (tertiary/aromatic N) is 1. The molecule has 0 radical (unpaired) electrons. The molecular formula is C21H22N2. The van der Waals surface area contributed by atoms with E-state index in [-0.39, 0.29) is 0 Å². The summed E-state index contributed by atoms with van der Waals surface area (Å²) in [5.74, 6) is 0. The smallest absolute Gasteiger partial charge is 0.0405 e. The van der Waals surface area contributed by atoms with Gasteiger partial charge in [0.15, 0.2) is 0 Å². The van der Waals surface area contributed by atoms with Gasteiger partial charge in [0.05, 0.1) is 0 Å². The summed E-state index contributed by atoms with van der Waals surface area (Å²) >= 11 is 0. The zero-order valence-corrected chi connectivity index (χ0v) is 13.5. The van der Waals surface area contributed by atoms with E-state index in [1.165, 1.54) is 22.3 Å². The van der Waals surface area contributed by atoms with E-state index in [4.69, 9.17) is 0 Å². The van der Waals surface area contributed by atoms with Gasteiger partial charge in [-0.3, -0.25) is 4.98 Å². The fourth-order valence-corrected chi connectivity index (χ4v) is 2.67. The largest absolute Gasteiger partial charge is 0.312 e. The number of benzene rings is 2. The van der Waals surface area contributed by atoms with Gasteiger partial charge in [-0.15, -0.1) is 0 Å². The molecule has 0 aliphatic carbocycles. The Bertz CT molecular complexity index is 736. The van der Waals surface area contributed by atoms with Gasteiger partial charge in [-0.25, -0.2) is 0 Å². The van der Waals surface area contributed by atoms with Gasteiger partial charge in [-0.05, 0) is 42.6 Å². The van der Waals surface area contributed by atoms with Crippen LogP contribution in [-0.2, 0) is 13.0 Å². The summed E-state index contributed by atoms with van der Waals surface area (Å²) in [6.45, 7) is 3.95. The van der Waals surface area contributed by atoms with Crippen molar-refractivity contribution in [1.29, 1.82) is 0 Å². The summed E-state index contributed by atoms with van der Waals surface area (Å²) in [5.41, 5.74) is 6.16. The van der Waals surface area contributed by atoms with Crippen LogP contribution in [0.2, 0.25) is 0 Å². The van der Waals surface area contributed by atoms with Gasteiger partial charge in [-0.2, -0.15) is 0 Å². The quantitative estimate of drug-likeness (QED) is 0.683. The molecule has 0 aliphatic heterocycles. The maximum Gasteiger partial charge on any atom is 0.0405 e. The van der Waals surface area contributed by atoms with Crippen LogP contribution in [-0.4, -0.2) is 11.5 Å². The Kier molecular flexibility index (Phi) is 5.17. The molecule has 1 N–H and O–H groups in total. The summed E-state index contributed by atoms with van der Waals surface area (Å²) < 4.78 is 0. The molecule has 2 nitrogen and oxygen atoms in total. The van der Waals surface area contributed by atoms with E-state index >= 15 is 0 Å². The van der Waals surface area contributed by atoms with E-state index in [2.05, 4.69) is 71.8 Å². The van der Waals surface area contributed by atoms with E-state index in [0.717, 1.165) is 25.2 Å². The van der Waals surface area contributed by atoms with Crippen LogP contribution >= 0.6 is 0 Å². The summed E-state index contributed by atoms with van der Waals surface area (Å²) in [4.78, 5) is 4.56. The third-order valence-electron chi connectivity index (χ3n) is 4.04. The van der Waals surface area contributed by atoms with Crippen LogP contribution in [0.5, 0.6) is 0 Å². The van der Waals surface area contributed by atoms with E-state index in [0.29, 0.717) is 0 Å². The number of aromatic nitrogens is 1. The van der Waals surface area contributed by atoms with Crippen molar-refractivity contribution in [3.05, 3.63) is 89.7 Å². The topological polar surface area (TPSA) is 24.9 Å². The molecule has 2 heteroatoms. The molecule has 0 spiro atoms. The van der Waals surface area contributed by atoms with Crippen LogP contribution in [0.3, 0.4) is 0 Å². The highest BCUT2D eigenvalue weighted by molar-refractivity contribution is 5.63. The number of pyridine rings is 1. The molecule has 0 bridgehead atoms. The zero-order chi connectivity index (χ0) is 15.9. The lowest BCUT2D eigenvalue weighted by atomic mass is 10.0. The second kappa shape index (κ2) is 7.70. The predicted octanol–water partition coefficient (Wildman–Crippen LogP) is 4.39. The minimum atomic E-state index is 0.908. The first kappa shape index (κ1) is 15.4. The molecule has 0 aliphatic rings. The number of hydrogen-bond acceptors (Lipinski definition) is 2. The highest BCUT2D eigenvalue weighted by Crippen LogP contribution is 2.20. The van der Waals surface area contributed by atoms with Crippen LogP contribution < -0.4 is 5.32 Å². The fourth-order valence-electron chi connectivity index (χ4n) is 2.67. The first-order chi connectivity index (χ1) is 11.3. The summed E-state index contributed by atoms with van der Waals surface area (Å²) in [5, 5.41) is 3.51.